The number of hydrogen-bond donors (Lipinski definition) is 1. The Balaban J connectivity index is 1.43. The minimum atomic E-state index is -0.415. The van der Waals surface area contributed by atoms with Crippen molar-refractivity contribution in [1.29, 1.82) is 0 Å². The van der Waals surface area contributed by atoms with E-state index in [0.717, 1.165) is 22.4 Å². The molecule has 4 amide bonds. The zero-order valence-corrected chi connectivity index (χ0v) is 15.9. The molecule has 7 nitrogen and oxygen atoms in total. The summed E-state index contributed by atoms with van der Waals surface area (Å²) >= 11 is 0. The van der Waals surface area contributed by atoms with Gasteiger partial charge in [0.15, 0.2) is 0 Å². The predicted molar refractivity (Wildman–Crippen MR) is 106 cm³/mol. The van der Waals surface area contributed by atoms with Crippen LogP contribution in [0.1, 0.15) is 34.3 Å². The van der Waals surface area contributed by atoms with E-state index >= 15 is 0 Å². The summed E-state index contributed by atoms with van der Waals surface area (Å²) in [5.74, 6) is -1.06. The van der Waals surface area contributed by atoms with Crippen molar-refractivity contribution in [2.75, 3.05) is 18.4 Å². The third-order valence-electron chi connectivity index (χ3n) is 5.27. The molecule has 0 unspecified atom stereocenters. The summed E-state index contributed by atoms with van der Waals surface area (Å²) < 4.78 is 0. The van der Waals surface area contributed by atoms with Crippen LogP contribution < -0.4 is 5.32 Å². The molecule has 2 aromatic rings. The molecule has 1 N–H and O–H groups in total. The van der Waals surface area contributed by atoms with E-state index in [1.165, 1.54) is 0 Å². The summed E-state index contributed by atoms with van der Waals surface area (Å²) in [6.07, 6.45) is 1.07. The summed E-state index contributed by atoms with van der Waals surface area (Å²) in [6.45, 7) is 0.842. The summed E-state index contributed by atoms with van der Waals surface area (Å²) in [4.78, 5) is 51.1. The minimum Gasteiger partial charge on any atom is -0.334 e. The number of nitrogens with one attached hydrogen (secondary N) is 1. The van der Waals surface area contributed by atoms with E-state index in [4.69, 9.17) is 0 Å². The standard InChI is InChI=1S/C22H21N3O4/c26-19(14-25-20(27)8-9-21(25)28)23-18-7-6-15-10-11-24(13-17(15)12-18)22(29)16-4-2-1-3-5-16/h1-7,12H,8-11,13-14H2,(H,23,26). The first kappa shape index (κ1) is 18.9. The van der Waals surface area contributed by atoms with Crippen LogP contribution in [0, 0.1) is 0 Å². The quantitative estimate of drug-likeness (QED) is 0.808. The molecule has 4 rings (SSSR count). The number of hydrogen-bond acceptors (Lipinski definition) is 4. The smallest absolute Gasteiger partial charge is 0.254 e. The molecular formula is C22H21N3O4. The molecule has 2 aliphatic heterocycles. The first-order chi connectivity index (χ1) is 14.0. The minimum absolute atomic E-state index is 0.0169. The van der Waals surface area contributed by atoms with Crippen molar-refractivity contribution in [3.05, 3.63) is 65.2 Å². The van der Waals surface area contributed by atoms with Gasteiger partial charge in [-0.1, -0.05) is 24.3 Å². The van der Waals surface area contributed by atoms with Crippen molar-refractivity contribution < 1.29 is 19.2 Å². The Hall–Kier alpha value is -3.48. The highest BCUT2D eigenvalue weighted by Gasteiger charge is 2.30. The van der Waals surface area contributed by atoms with Gasteiger partial charge in [-0.15, -0.1) is 0 Å². The van der Waals surface area contributed by atoms with E-state index in [1.54, 1.807) is 23.1 Å². The zero-order valence-electron chi connectivity index (χ0n) is 15.9. The highest BCUT2D eigenvalue weighted by Crippen LogP contribution is 2.24. The fourth-order valence-corrected chi connectivity index (χ4v) is 3.71. The second-order valence-electron chi connectivity index (χ2n) is 7.25. The lowest BCUT2D eigenvalue weighted by molar-refractivity contribution is -0.141. The molecule has 1 fully saturated rings. The van der Waals surface area contributed by atoms with E-state index < -0.39 is 5.91 Å². The number of carbonyl (C=O) groups excluding carboxylic acids is 4. The second kappa shape index (κ2) is 7.87. The third kappa shape index (κ3) is 4.03. The largest absolute Gasteiger partial charge is 0.334 e. The molecule has 7 heteroatoms. The van der Waals surface area contributed by atoms with Crippen molar-refractivity contribution in [3.8, 4) is 0 Å². The Morgan fingerprint density at radius 2 is 1.62 bits per heavy atom. The van der Waals surface area contributed by atoms with Gasteiger partial charge in [-0.05, 0) is 41.8 Å². The second-order valence-corrected chi connectivity index (χ2v) is 7.25. The van der Waals surface area contributed by atoms with Crippen LogP contribution in [-0.4, -0.2) is 46.5 Å². The number of likely N-dealkylation sites (tertiary alicyclic amines) is 1. The van der Waals surface area contributed by atoms with Crippen LogP contribution in [-0.2, 0) is 27.3 Å². The highest BCUT2D eigenvalue weighted by molar-refractivity contribution is 6.06. The lowest BCUT2D eigenvalue weighted by Gasteiger charge is -2.29. The van der Waals surface area contributed by atoms with E-state index in [0.29, 0.717) is 24.3 Å². The van der Waals surface area contributed by atoms with Crippen LogP contribution in [0.2, 0.25) is 0 Å². The maximum atomic E-state index is 12.7. The van der Waals surface area contributed by atoms with E-state index in [1.807, 2.05) is 30.3 Å². The number of amides is 4. The van der Waals surface area contributed by atoms with Gasteiger partial charge in [-0.2, -0.15) is 0 Å². The van der Waals surface area contributed by atoms with Gasteiger partial charge < -0.3 is 10.2 Å². The molecule has 2 heterocycles. The first-order valence-electron chi connectivity index (χ1n) is 9.60. The molecule has 0 aliphatic carbocycles. The van der Waals surface area contributed by atoms with Crippen LogP contribution in [0.5, 0.6) is 0 Å². The number of anilines is 1. The van der Waals surface area contributed by atoms with Crippen LogP contribution in [0.4, 0.5) is 5.69 Å². The van der Waals surface area contributed by atoms with Gasteiger partial charge >= 0.3 is 0 Å². The van der Waals surface area contributed by atoms with Crippen molar-refractivity contribution in [2.45, 2.75) is 25.8 Å². The van der Waals surface area contributed by atoms with E-state index in [2.05, 4.69) is 5.32 Å². The Bertz CT molecular complexity index is 971. The summed E-state index contributed by atoms with van der Waals surface area (Å²) in [5.41, 5.74) is 3.36. The van der Waals surface area contributed by atoms with Gasteiger partial charge in [0, 0.05) is 37.2 Å². The summed E-state index contributed by atoms with van der Waals surface area (Å²) in [6, 6.07) is 14.8. The van der Waals surface area contributed by atoms with Gasteiger partial charge in [0.25, 0.3) is 5.91 Å². The Morgan fingerprint density at radius 3 is 2.34 bits per heavy atom. The molecule has 0 atom stereocenters. The average Bonchev–Trinajstić information content (AvgIpc) is 3.05. The van der Waals surface area contributed by atoms with Crippen molar-refractivity contribution in [1.82, 2.24) is 9.80 Å². The Labute approximate surface area is 168 Å². The predicted octanol–water partition coefficient (Wildman–Crippen LogP) is 1.97. The normalized spacial score (nSPS) is 16.0. The number of rotatable bonds is 4. The lowest BCUT2D eigenvalue weighted by Crippen LogP contribution is -2.37. The van der Waals surface area contributed by atoms with Gasteiger partial charge in [0.2, 0.25) is 17.7 Å². The van der Waals surface area contributed by atoms with Gasteiger partial charge in [-0.3, -0.25) is 24.1 Å². The van der Waals surface area contributed by atoms with Crippen molar-refractivity contribution in [3.63, 3.8) is 0 Å². The molecule has 2 aromatic carbocycles. The highest BCUT2D eigenvalue weighted by atomic mass is 16.2. The Morgan fingerprint density at radius 1 is 0.897 bits per heavy atom. The number of fused-ring (bicyclic) bond motifs is 1. The zero-order chi connectivity index (χ0) is 20.4. The molecule has 29 heavy (non-hydrogen) atoms. The maximum Gasteiger partial charge on any atom is 0.254 e. The molecule has 148 valence electrons. The molecule has 0 aromatic heterocycles. The number of carbonyl (C=O) groups is 4. The van der Waals surface area contributed by atoms with Gasteiger partial charge in [0.05, 0.1) is 0 Å². The molecule has 1 saturated heterocycles. The van der Waals surface area contributed by atoms with Gasteiger partial charge in [0.1, 0.15) is 6.54 Å². The summed E-state index contributed by atoms with van der Waals surface area (Å²) in [7, 11) is 0. The monoisotopic (exact) mass is 391 g/mol. The number of benzene rings is 2. The van der Waals surface area contributed by atoms with Crippen LogP contribution in [0.15, 0.2) is 48.5 Å². The van der Waals surface area contributed by atoms with E-state index in [9.17, 15) is 19.2 Å². The van der Waals surface area contributed by atoms with Crippen molar-refractivity contribution >= 4 is 29.3 Å². The average molecular weight is 391 g/mol. The SMILES string of the molecule is O=C(CN1C(=O)CCC1=O)Nc1ccc2c(c1)CN(C(=O)c1ccccc1)CC2. The molecule has 0 saturated carbocycles. The van der Waals surface area contributed by atoms with E-state index in [-0.39, 0.29) is 37.1 Å². The van der Waals surface area contributed by atoms with Crippen LogP contribution in [0.3, 0.4) is 0 Å². The third-order valence-corrected chi connectivity index (χ3v) is 5.27. The van der Waals surface area contributed by atoms with Crippen molar-refractivity contribution in [2.24, 2.45) is 0 Å². The van der Waals surface area contributed by atoms with Gasteiger partial charge in [-0.25, -0.2) is 0 Å². The fourth-order valence-electron chi connectivity index (χ4n) is 3.71. The number of imide groups is 1. The van der Waals surface area contributed by atoms with Crippen LogP contribution in [0.25, 0.3) is 0 Å². The molecule has 0 bridgehead atoms. The van der Waals surface area contributed by atoms with Crippen LogP contribution >= 0.6 is 0 Å². The molecule has 0 spiro atoms. The fraction of sp³-hybridized carbons (Fsp3) is 0.273. The number of nitrogens with zero attached hydrogens (tertiary/aromatic N) is 2. The molecular weight excluding hydrogens is 370 g/mol. The lowest BCUT2D eigenvalue weighted by atomic mass is 9.98. The first-order valence-corrected chi connectivity index (χ1v) is 9.60. The Kier molecular flexibility index (Phi) is 5.12. The molecule has 0 radical (unpaired) electrons. The molecule has 2 aliphatic rings. The summed E-state index contributed by atoms with van der Waals surface area (Å²) in [5, 5.41) is 2.75. The topological polar surface area (TPSA) is 86.8 Å². The maximum absolute atomic E-state index is 12.7.